The van der Waals surface area contributed by atoms with Crippen LogP contribution >= 0.6 is 0 Å². The maximum Gasteiger partial charge on any atom is 0.407 e. The molecule has 0 spiro atoms. The Balaban J connectivity index is 2.41. The average Bonchev–Trinajstić information content (AvgIpc) is 2.28. The van der Waals surface area contributed by atoms with E-state index in [1.165, 1.54) is 0 Å². The Kier molecular flexibility index (Phi) is 2.17. The number of carbonyl (C=O) groups is 1. The van der Waals surface area contributed by atoms with E-state index in [4.69, 9.17) is 4.74 Å². The second-order valence-corrected chi connectivity index (χ2v) is 3.02. The fourth-order valence-corrected chi connectivity index (χ4v) is 1.10. The zero-order chi connectivity index (χ0) is 8.32. The third-order valence-corrected chi connectivity index (χ3v) is 1.82. The van der Waals surface area contributed by atoms with E-state index in [-0.39, 0.29) is 11.7 Å². The molecule has 1 amide bonds. The Hall–Kier alpha value is -0.990. The van der Waals surface area contributed by atoms with Gasteiger partial charge in [0.05, 0.1) is 6.54 Å². The van der Waals surface area contributed by atoms with Crippen LogP contribution in [0.3, 0.4) is 0 Å². The number of hydrogen-bond donors (Lipinski definition) is 1. The first kappa shape index (κ1) is 8.11. The van der Waals surface area contributed by atoms with Gasteiger partial charge in [-0.15, -0.1) is 6.58 Å². The van der Waals surface area contributed by atoms with E-state index in [1.54, 1.807) is 0 Å². The Morgan fingerprint density at radius 1 is 1.91 bits per heavy atom. The van der Waals surface area contributed by atoms with Crippen LogP contribution in [0.25, 0.3) is 0 Å². The minimum atomic E-state index is -0.314. The number of allylic oxidation sites excluding steroid dienone is 1. The number of ether oxygens (including phenoxy) is 1. The Bertz CT molecular complexity index is 179. The van der Waals surface area contributed by atoms with Crippen molar-refractivity contribution in [2.45, 2.75) is 25.4 Å². The quantitative estimate of drug-likeness (QED) is 0.626. The SMILES string of the molecule is C=CCCC1(C)CNC(=O)O1. The monoisotopic (exact) mass is 155 g/mol. The number of nitrogens with one attached hydrogen (secondary N) is 1. The van der Waals surface area contributed by atoms with Gasteiger partial charge >= 0.3 is 6.09 Å². The van der Waals surface area contributed by atoms with Gasteiger partial charge in [0.1, 0.15) is 5.60 Å². The second kappa shape index (κ2) is 2.95. The van der Waals surface area contributed by atoms with Crippen LogP contribution in [0, 0.1) is 0 Å². The summed E-state index contributed by atoms with van der Waals surface area (Å²) < 4.78 is 5.05. The third-order valence-electron chi connectivity index (χ3n) is 1.82. The fraction of sp³-hybridized carbons (Fsp3) is 0.625. The molecule has 1 saturated heterocycles. The minimum absolute atomic E-state index is 0.309. The zero-order valence-corrected chi connectivity index (χ0v) is 6.72. The molecule has 1 aliphatic heterocycles. The molecule has 11 heavy (non-hydrogen) atoms. The molecule has 1 rings (SSSR count). The lowest BCUT2D eigenvalue weighted by molar-refractivity contribution is 0.0660. The molecule has 3 heteroatoms. The summed E-state index contributed by atoms with van der Waals surface area (Å²) in [5.74, 6) is 0. The van der Waals surface area contributed by atoms with Crippen LogP contribution in [0.15, 0.2) is 12.7 Å². The molecule has 0 radical (unpaired) electrons. The zero-order valence-electron chi connectivity index (χ0n) is 6.72. The first-order valence-corrected chi connectivity index (χ1v) is 3.74. The van der Waals surface area contributed by atoms with Crippen LogP contribution in [0.5, 0.6) is 0 Å². The molecule has 0 aliphatic carbocycles. The summed E-state index contributed by atoms with van der Waals surface area (Å²) in [5, 5.41) is 2.62. The summed E-state index contributed by atoms with van der Waals surface area (Å²) in [4.78, 5) is 10.7. The molecular formula is C8H13NO2. The molecule has 0 aromatic heterocycles. The van der Waals surface area contributed by atoms with E-state index in [0.717, 1.165) is 12.8 Å². The van der Waals surface area contributed by atoms with Crippen LogP contribution in [-0.2, 0) is 4.74 Å². The lowest BCUT2D eigenvalue weighted by Gasteiger charge is -2.19. The lowest BCUT2D eigenvalue weighted by Crippen LogP contribution is -2.28. The van der Waals surface area contributed by atoms with Gasteiger partial charge in [0, 0.05) is 0 Å². The molecule has 1 atom stereocenters. The molecule has 0 aromatic carbocycles. The summed E-state index contributed by atoms with van der Waals surface area (Å²) in [7, 11) is 0. The molecule has 1 aliphatic rings. The minimum Gasteiger partial charge on any atom is -0.441 e. The van der Waals surface area contributed by atoms with Gasteiger partial charge in [-0.2, -0.15) is 0 Å². The number of alkyl carbamates (subject to hydrolysis) is 1. The molecule has 3 nitrogen and oxygen atoms in total. The molecule has 0 aromatic rings. The molecular weight excluding hydrogens is 142 g/mol. The van der Waals surface area contributed by atoms with Gasteiger partial charge in [-0.05, 0) is 19.8 Å². The molecule has 1 heterocycles. The van der Waals surface area contributed by atoms with E-state index >= 15 is 0 Å². The fourth-order valence-electron chi connectivity index (χ4n) is 1.10. The van der Waals surface area contributed by atoms with Crippen molar-refractivity contribution in [3.05, 3.63) is 12.7 Å². The average molecular weight is 155 g/mol. The van der Waals surface area contributed by atoms with Gasteiger partial charge < -0.3 is 10.1 Å². The maximum atomic E-state index is 10.7. The van der Waals surface area contributed by atoms with Crippen LogP contribution in [0.1, 0.15) is 19.8 Å². The van der Waals surface area contributed by atoms with Gasteiger partial charge in [-0.1, -0.05) is 6.08 Å². The summed E-state index contributed by atoms with van der Waals surface area (Å²) in [6, 6.07) is 0. The Labute approximate surface area is 66.4 Å². The number of cyclic esters (lactones) is 1. The highest BCUT2D eigenvalue weighted by molar-refractivity contribution is 5.70. The summed E-state index contributed by atoms with van der Waals surface area (Å²) in [5.41, 5.74) is -0.314. The van der Waals surface area contributed by atoms with Crippen molar-refractivity contribution in [3.8, 4) is 0 Å². The highest BCUT2D eigenvalue weighted by Crippen LogP contribution is 2.21. The first-order valence-electron chi connectivity index (χ1n) is 3.74. The van der Waals surface area contributed by atoms with Gasteiger partial charge in [0.15, 0.2) is 0 Å². The summed E-state index contributed by atoms with van der Waals surface area (Å²) in [6.07, 6.45) is 3.24. The van der Waals surface area contributed by atoms with Crippen molar-refractivity contribution in [1.29, 1.82) is 0 Å². The van der Waals surface area contributed by atoms with Gasteiger partial charge in [-0.25, -0.2) is 4.79 Å². The molecule has 62 valence electrons. The molecule has 1 N–H and O–H groups in total. The highest BCUT2D eigenvalue weighted by Gasteiger charge is 2.34. The number of amides is 1. The van der Waals surface area contributed by atoms with Crippen LogP contribution in [0.4, 0.5) is 4.79 Å². The third kappa shape index (κ3) is 1.97. The number of hydrogen-bond acceptors (Lipinski definition) is 2. The van der Waals surface area contributed by atoms with Crippen molar-refractivity contribution in [3.63, 3.8) is 0 Å². The van der Waals surface area contributed by atoms with E-state index in [0.29, 0.717) is 6.54 Å². The maximum absolute atomic E-state index is 10.7. The predicted octanol–water partition coefficient (Wildman–Crippen LogP) is 1.45. The Morgan fingerprint density at radius 3 is 3.09 bits per heavy atom. The van der Waals surface area contributed by atoms with Gasteiger partial charge in [-0.3, -0.25) is 0 Å². The highest BCUT2D eigenvalue weighted by atomic mass is 16.6. The van der Waals surface area contributed by atoms with Gasteiger partial charge in [0.2, 0.25) is 0 Å². The smallest absolute Gasteiger partial charge is 0.407 e. The van der Waals surface area contributed by atoms with Crippen molar-refractivity contribution in [1.82, 2.24) is 5.32 Å². The van der Waals surface area contributed by atoms with Crippen molar-refractivity contribution >= 4 is 6.09 Å². The first-order chi connectivity index (χ1) is 5.16. The van der Waals surface area contributed by atoms with Crippen molar-refractivity contribution < 1.29 is 9.53 Å². The van der Waals surface area contributed by atoms with Gasteiger partial charge in [0.25, 0.3) is 0 Å². The van der Waals surface area contributed by atoms with Crippen molar-refractivity contribution in [2.24, 2.45) is 0 Å². The van der Waals surface area contributed by atoms with Crippen molar-refractivity contribution in [2.75, 3.05) is 6.54 Å². The Morgan fingerprint density at radius 2 is 2.64 bits per heavy atom. The van der Waals surface area contributed by atoms with E-state index in [1.807, 2.05) is 13.0 Å². The van der Waals surface area contributed by atoms with E-state index < -0.39 is 0 Å². The molecule has 1 fully saturated rings. The summed E-state index contributed by atoms with van der Waals surface area (Å²) in [6.45, 7) is 6.15. The van der Waals surface area contributed by atoms with Crippen LogP contribution < -0.4 is 5.32 Å². The normalized spacial score (nSPS) is 29.4. The standard InChI is InChI=1S/C8H13NO2/c1-3-4-5-8(2)6-9-7(10)11-8/h3H,1,4-6H2,2H3,(H,9,10). The topological polar surface area (TPSA) is 38.3 Å². The van der Waals surface area contributed by atoms with E-state index in [9.17, 15) is 4.79 Å². The second-order valence-electron chi connectivity index (χ2n) is 3.02. The lowest BCUT2D eigenvalue weighted by atomic mass is 10.0. The molecule has 1 unspecified atom stereocenters. The number of rotatable bonds is 3. The summed E-state index contributed by atoms with van der Waals surface area (Å²) >= 11 is 0. The van der Waals surface area contributed by atoms with Crippen LogP contribution in [-0.4, -0.2) is 18.2 Å². The predicted molar refractivity (Wildman–Crippen MR) is 42.3 cm³/mol. The largest absolute Gasteiger partial charge is 0.441 e. The van der Waals surface area contributed by atoms with E-state index in [2.05, 4.69) is 11.9 Å². The number of carbonyl (C=O) groups excluding carboxylic acids is 1. The molecule has 0 bridgehead atoms. The van der Waals surface area contributed by atoms with Crippen LogP contribution in [0.2, 0.25) is 0 Å². The molecule has 0 saturated carbocycles.